The Kier molecular flexibility index (Phi) is 3.46. The molecule has 0 aliphatic rings. The molecular formula is C6H7F2NO4. The molecule has 1 atom stereocenters. The van der Waals surface area contributed by atoms with Crippen molar-refractivity contribution in [3.05, 3.63) is 22.8 Å². The van der Waals surface area contributed by atoms with Crippen molar-refractivity contribution in [3.63, 3.8) is 0 Å². The van der Waals surface area contributed by atoms with E-state index in [1.54, 1.807) is 0 Å². The molecule has 0 aliphatic carbocycles. The van der Waals surface area contributed by atoms with Crippen LogP contribution in [-0.4, -0.2) is 23.0 Å². The number of nitro groups is 1. The van der Waals surface area contributed by atoms with Gasteiger partial charge in [-0.15, -0.1) is 8.78 Å². The molecule has 0 bridgehead atoms. The van der Waals surface area contributed by atoms with Gasteiger partial charge in [0.05, 0.1) is 4.92 Å². The quantitative estimate of drug-likeness (QED) is 0.220. The zero-order valence-corrected chi connectivity index (χ0v) is 6.70. The molecule has 0 radical (unpaired) electrons. The van der Waals surface area contributed by atoms with Gasteiger partial charge in [0, 0.05) is 6.08 Å². The molecule has 0 aromatic carbocycles. The average Bonchev–Trinajstić information content (AvgIpc) is 2.03. The Balaban J connectivity index is 4.41. The molecule has 0 aliphatic heterocycles. The summed E-state index contributed by atoms with van der Waals surface area (Å²) in [4.78, 5) is 18.4. The molecule has 0 amide bonds. The van der Waals surface area contributed by atoms with Gasteiger partial charge in [-0.2, -0.15) is 0 Å². The summed E-state index contributed by atoms with van der Waals surface area (Å²) < 4.78 is 28.8. The fourth-order valence-electron chi connectivity index (χ4n) is 0.442. The highest BCUT2D eigenvalue weighted by molar-refractivity contribution is 5.81. The number of hydrogen-bond donors (Lipinski definition) is 0. The number of ether oxygens (including phenoxy) is 1. The van der Waals surface area contributed by atoms with E-state index < -0.39 is 23.0 Å². The fraction of sp³-hybridized carbons (Fsp3) is 0.500. The van der Waals surface area contributed by atoms with Gasteiger partial charge in [0.1, 0.15) is 0 Å². The highest BCUT2D eigenvalue weighted by Crippen LogP contribution is 2.21. The van der Waals surface area contributed by atoms with E-state index in [4.69, 9.17) is 0 Å². The fourth-order valence-corrected chi connectivity index (χ4v) is 0.442. The summed E-state index contributed by atoms with van der Waals surface area (Å²) in [5.41, 5.74) is 0. The standard InChI is InChI=1S/C6H7F2NO4/c1-3-5(10)13-4(2)6(7,8)9(11)12/h3-4H,1H2,2H3. The Morgan fingerprint density at radius 3 is 2.54 bits per heavy atom. The van der Waals surface area contributed by atoms with Gasteiger partial charge >= 0.3 is 12.0 Å². The van der Waals surface area contributed by atoms with Crippen LogP contribution in [0.15, 0.2) is 12.7 Å². The Hall–Kier alpha value is -1.53. The van der Waals surface area contributed by atoms with Crippen LogP contribution in [0.5, 0.6) is 0 Å². The van der Waals surface area contributed by atoms with E-state index in [0.29, 0.717) is 6.08 Å². The summed E-state index contributed by atoms with van der Waals surface area (Å²) in [5, 5.41) is 9.77. The zero-order valence-electron chi connectivity index (χ0n) is 6.70. The Morgan fingerprint density at radius 2 is 2.23 bits per heavy atom. The van der Waals surface area contributed by atoms with Crippen molar-refractivity contribution >= 4 is 5.97 Å². The first-order valence-electron chi connectivity index (χ1n) is 3.17. The largest absolute Gasteiger partial charge is 0.548 e. The van der Waals surface area contributed by atoms with Crippen LogP contribution < -0.4 is 0 Å². The predicted molar refractivity (Wildman–Crippen MR) is 37.7 cm³/mol. The van der Waals surface area contributed by atoms with Gasteiger partial charge in [0.2, 0.25) is 6.10 Å². The SMILES string of the molecule is C=CC(=O)OC(C)C(F)(F)[N+](=O)[O-]. The summed E-state index contributed by atoms with van der Waals surface area (Å²) in [6.07, 6.45) is -1.47. The van der Waals surface area contributed by atoms with E-state index in [9.17, 15) is 23.7 Å². The van der Waals surface area contributed by atoms with Gasteiger partial charge in [-0.3, -0.25) is 10.1 Å². The van der Waals surface area contributed by atoms with Crippen LogP contribution >= 0.6 is 0 Å². The van der Waals surface area contributed by atoms with Crippen molar-refractivity contribution in [1.82, 2.24) is 0 Å². The minimum absolute atomic E-state index is 0.645. The second kappa shape index (κ2) is 3.92. The maximum Gasteiger partial charge on any atom is 0.548 e. The molecule has 13 heavy (non-hydrogen) atoms. The van der Waals surface area contributed by atoms with Gasteiger partial charge in [0.25, 0.3) is 0 Å². The van der Waals surface area contributed by atoms with E-state index in [-0.39, 0.29) is 0 Å². The third-order valence-corrected chi connectivity index (χ3v) is 1.19. The van der Waals surface area contributed by atoms with Gasteiger partial charge in [-0.1, -0.05) is 6.58 Å². The lowest BCUT2D eigenvalue weighted by Gasteiger charge is -2.14. The van der Waals surface area contributed by atoms with Crippen molar-refractivity contribution in [2.24, 2.45) is 0 Å². The number of halogens is 2. The Morgan fingerprint density at radius 1 is 1.77 bits per heavy atom. The van der Waals surface area contributed by atoms with E-state index in [1.165, 1.54) is 0 Å². The molecular weight excluding hydrogens is 188 g/mol. The van der Waals surface area contributed by atoms with E-state index in [2.05, 4.69) is 11.3 Å². The molecule has 0 fully saturated rings. The van der Waals surface area contributed by atoms with Crippen molar-refractivity contribution in [1.29, 1.82) is 0 Å². The van der Waals surface area contributed by atoms with Crippen molar-refractivity contribution in [2.45, 2.75) is 19.1 Å². The van der Waals surface area contributed by atoms with Crippen LogP contribution in [0.2, 0.25) is 0 Å². The van der Waals surface area contributed by atoms with Crippen LogP contribution in [0.4, 0.5) is 8.78 Å². The van der Waals surface area contributed by atoms with Crippen molar-refractivity contribution in [3.8, 4) is 0 Å². The predicted octanol–water partition coefficient (Wildman–Crippen LogP) is 0.974. The summed E-state index contributed by atoms with van der Waals surface area (Å²) in [5.74, 6) is -1.13. The third kappa shape index (κ3) is 2.77. The molecule has 1 unspecified atom stereocenters. The number of nitrogens with zero attached hydrogens (tertiary/aromatic N) is 1. The zero-order chi connectivity index (χ0) is 10.6. The highest BCUT2D eigenvalue weighted by atomic mass is 19.3. The molecule has 0 aromatic heterocycles. The molecule has 5 nitrogen and oxygen atoms in total. The van der Waals surface area contributed by atoms with Crippen LogP contribution in [0.1, 0.15) is 6.92 Å². The number of carbonyl (C=O) groups is 1. The summed E-state index contributed by atoms with van der Waals surface area (Å²) in [6.45, 7) is 3.68. The smallest absolute Gasteiger partial charge is 0.445 e. The first kappa shape index (κ1) is 11.5. The summed E-state index contributed by atoms with van der Waals surface area (Å²) in [7, 11) is 0. The van der Waals surface area contributed by atoms with E-state index in [1.807, 2.05) is 0 Å². The summed E-state index contributed by atoms with van der Waals surface area (Å²) in [6, 6.07) is -4.28. The molecule has 0 spiro atoms. The number of carbonyl (C=O) groups excluding carboxylic acids is 1. The Labute approximate surface area is 72.1 Å². The monoisotopic (exact) mass is 195 g/mol. The van der Waals surface area contributed by atoms with Crippen LogP contribution in [0.3, 0.4) is 0 Å². The molecule has 0 heterocycles. The number of alkyl halides is 2. The Bertz CT molecular complexity index is 241. The molecule has 74 valence electrons. The molecule has 0 rings (SSSR count). The highest BCUT2D eigenvalue weighted by Gasteiger charge is 2.52. The molecule has 0 saturated heterocycles. The van der Waals surface area contributed by atoms with Gasteiger partial charge in [-0.05, 0) is 6.92 Å². The lowest BCUT2D eigenvalue weighted by atomic mass is 10.3. The lowest BCUT2D eigenvalue weighted by Crippen LogP contribution is -2.41. The van der Waals surface area contributed by atoms with Crippen LogP contribution in [0, 0.1) is 10.1 Å². The van der Waals surface area contributed by atoms with Crippen molar-refractivity contribution in [2.75, 3.05) is 0 Å². The molecule has 0 N–H and O–H groups in total. The maximum atomic E-state index is 12.4. The second-order valence-electron chi connectivity index (χ2n) is 2.13. The van der Waals surface area contributed by atoms with Crippen molar-refractivity contribution < 1.29 is 23.2 Å². The first-order valence-corrected chi connectivity index (χ1v) is 3.17. The first-order chi connectivity index (χ1) is 5.82. The minimum atomic E-state index is -4.28. The summed E-state index contributed by atoms with van der Waals surface area (Å²) >= 11 is 0. The normalized spacial score (nSPS) is 13.2. The average molecular weight is 195 g/mol. The van der Waals surface area contributed by atoms with Crippen LogP contribution in [0.25, 0.3) is 0 Å². The maximum absolute atomic E-state index is 12.4. The van der Waals surface area contributed by atoms with E-state index in [0.717, 1.165) is 6.92 Å². The molecule has 0 aromatic rings. The number of hydrogen-bond acceptors (Lipinski definition) is 4. The number of rotatable bonds is 4. The molecule has 7 heteroatoms. The number of esters is 1. The molecule has 0 saturated carbocycles. The van der Waals surface area contributed by atoms with Gasteiger partial charge in [-0.25, -0.2) is 4.79 Å². The van der Waals surface area contributed by atoms with Crippen LogP contribution in [-0.2, 0) is 9.53 Å². The van der Waals surface area contributed by atoms with E-state index >= 15 is 0 Å². The van der Waals surface area contributed by atoms with Gasteiger partial charge < -0.3 is 4.74 Å². The minimum Gasteiger partial charge on any atom is -0.445 e. The lowest BCUT2D eigenvalue weighted by molar-refractivity contribution is -0.655. The third-order valence-electron chi connectivity index (χ3n) is 1.19. The topological polar surface area (TPSA) is 69.4 Å². The van der Waals surface area contributed by atoms with Gasteiger partial charge in [0.15, 0.2) is 0 Å². The second-order valence-corrected chi connectivity index (χ2v) is 2.13.